The molecule has 1 aromatic carbocycles. The number of nitrogens with zero attached hydrogens (tertiary/aromatic N) is 2. The van der Waals surface area contributed by atoms with Crippen LogP contribution in [0.4, 0.5) is 0 Å². The second-order valence-corrected chi connectivity index (χ2v) is 6.89. The molecule has 2 saturated heterocycles. The van der Waals surface area contributed by atoms with Gasteiger partial charge in [-0.15, -0.1) is 0 Å². The van der Waals surface area contributed by atoms with Gasteiger partial charge in [0, 0.05) is 32.1 Å². The smallest absolute Gasteiger partial charge is 0.243 e. The number of carbonyl (C=O) groups is 1. The fourth-order valence-electron chi connectivity index (χ4n) is 2.80. The summed E-state index contributed by atoms with van der Waals surface area (Å²) >= 11 is 0. The van der Waals surface area contributed by atoms with Gasteiger partial charge in [0.1, 0.15) is 0 Å². The van der Waals surface area contributed by atoms with Crippen LogP contribution < -0.4 is 0 Å². The molecule has 2 fully saturated rings. The maximum Gasteiger partial charge on any atom is 0.243 e. The van der Waals surface area contributed by atoms with E-state index < -0.39 is 10.0 Å². The zero-order valence-electron chi connectivity index (χ0n) is 10.5. The van der Waals surface area contributed by atoms with Gasteiger partial charge in [-0.3, -0.25) is 4.79 Å². The van der Waals surface area contributed by atoms with Crippen LogP contribution in [0.5, 0.6) is 0 Å². The van der Waals surface area contributed by atoms with Crippen LogP contribution in [-0.2, 0) is 14.8 Å². The minimum atomic E-state index is -3.42. The monoisotopic (exact) mass is 280 g/mol. The van der Waals surface area contributed by atoms with Gasteiger partial charge >= 0.3 is 0 Å². The second kappa shape index (κ2) is 4.61. The van der Waals surface area contributed by atoms with E-state index in [0.29, 0.717) is 31.0 Å². The van der Waals surface area contributed by atoms with Gasteiger partial charge < -0.3 is 4.90 Å². The molecule has 0 spiro atoms. The molecule has 1 atom stereocenters. The largest absolute Gasteiger partial charge is 0.337 e. The van der Waals surface area contributed by atoms with Gasteiger partial charge in [-0.05, 0) is 18.6 Å². The second-order valence-electron chi connectivity index (χ2n) is 4.96. The third-order valence-electron chi connectivity index (χ3n) is 3.84. The van der Waals surface area contributed by atoms with E-state index in [1.807, 2.05) is 4.90 Å². The molecule has 2 heterocycles. The standard InChI is InChI=1S/C13H16N2O3S/c16-13-7-6-11-10-14(8-9-15(11)13)19(17,18)12-4-2-1-3-5-12/h1-5,11H,6-10H2/t11-/m1/s1. The molecule has 2 aliphatic rings. The molecule has 0 aliphatic carbocycles. The topological polar surface area (TPSA) is 57.7 Å². The van der Waals surface area contributed by atoms with Gasteiger partial charge in [-0.25, -0.2) is 8.42 Å². The lowest BCUT2D eigenvalue weighted by molar-refractivity contribution is -0.130. The van der Waals surface area contributed by atoms with Crippen molar-refractivity contribution in [1.29, 1.82) is 0 Å². The number of hydrogen-bond acceptors (Lipinski definition) is 3. The van der Waals surface area contributed by atoms with Crippen molar-refractivity contribution in [3.63, 3.8) is 0 Å². The van der Waals surface area contributed by atoms with E-state index in [4.69, 9.17) is 0 Å². The number of rotatable bonds is 2. The third kappa shape index (κ3) is 2.15. The summed E-state index contributed by atoms with van der Waals surface area (Å²) in [5.41, 5.74) is 0. The first kappa shape index (κ1) is 12.6. The zero-order valence-corrected chi connectivity index (χ0v) is 11.3. The van der Waals surface area contributed by atoms with E-state index in [9.17, 15) is 13.2 Å². The average molecular weight is 280 g/mol. The molecule has 5 nitrogen and oxygen atoms in total. The van der Waals surface area contributed by atoms with Crippen molar-refractivity contribution in [2.45, 2.75) is 23.8 Å². The molecule has 0 unspecified atom stereocenters. The number of benzene rings is 1. The lowest BCUT2D eigenvalue weighted by Crippen LogP contribution is -2.53. The Bertz CT molecular complexity index is 585. The molecule has 2 aliphatic heterocycles. The molecule has 0 saturated carbocycles. The third-order valence-corrected chi connectivity index (χ3v) is 5.72. The Morgan fingerprint density at radius 1 is 1.11 bits per heavy atom. The fourth-order valence-corrected chi connectivity index (χ4v) is 4.29. The molecule has 3 rings (SSSR count). The molecule has 0 radical (unpaired) electrons. The van der Waals surface area contributed by atoms with Gasteiger partial charge in [-0.1, -0.05) is 18.2 Å². The summed E-state index contributed by atoms with van der Waals surface area (Å²) < 4.78 is 26.5. The van der Waals surface area contributed by atoms with Crippen LogP contribution in [0.25, 0.3) is 0 Å². The highest BCUT2D eigenvalue weighted by Gasteiger charge is 2.39. The Morgan fingerprint density at radius 3 is 2.58 bits per heavy atom. The molecule has 0 bridgehead atoms. The maximum absolute atomic E-state index is 12.5. The highest BCUT2D eigenvalue weighted by Crippen LogP contribution is 2.26. The summed E-state index contributed by atoms with van der Waals surface area (Å²) in [7, 11) is -3.42. The van der Waals surface area contributed by atoms with E-state index in [1.54, 1.807) is 30.3 Å². The van der Waals surface area contributed by atoms with Crippen LogP contribution in [0, 0.1) is 0 Å². The van der Waals surface area contributed by atoms with E-state index in [1.165, 1.54) is 4.31 Å². The number of carbonyl (C=O) groups excluding carboxylic acids is 1. The Kier molecular flexibility index (Phi) is 3.06. The molecule has 1 aromatic rings. The predicted octanol–water partition coefficient (Wildman–Crippen LogP) is 0.682. The van der Waals surface area contributed by atoms with Crippen LogP contribution in [0.1, 0.15) is 12.8 Å². The first-order valence-corrected chi connectivity index (χ1v) is 7.88. The van der Waals surface area contributed by atoms with Crippen molar-refractivity contribution >= 4 is 15.9 Å². The number of piperazine rings is 1. The van der Waals surface area contributed by atoms with Crippen molar-refractivity contribution in [2.75, 3.05) is 19.6 Å². The summed E-state index contributed by atoms with van der Waals surface area (Å²) in [6, 6.07) is 8.53. The first-order chi connectivity index (χ1) is 9.09. The summed E-state index contributed by atoms with van der Waals surface area (Å²) in [5, 5.41) is 0. The Balaban J connectivity index is 1.83. The number of sulfonamides is 1. The van der Waals surface area contributed by atoms with Crippen molar-refractivity contribution < 1.29 is 13.2 Å². The van der Waals surface area contributed by atoms with E-state index in [-0.39, 0.29) is 11.9 Å². The molecule has 102 valence electrons. The van der Waals surface area contributed by atoms with Crippen molar-refractivity contribution in [2.24, 2.45) is 0 Å². The maximum atomic E-state index is 12.5. The molecular weight excluding hydrogens is 264 g/mol. The number of amides is 1. The molecule has 6 heteroatoms. The number of fused-ring (bicyclic) bond motifs is 1. The predicted molar refractivity (Wildman–Crippen MR) is 69.9 cm³/mol. The van der Waals surface area contributed by atoms with Gasteiger partial charge in [0.15, 0.2) is 0 Å². The van der Waals surface area contributed by atoms with Crippen LogP contribution >= 0.6 is 0 Å². The van der Waals surface area contributed by atoms with E-state index in [2.05, 4.69) is 0 Å². The summed E-state index contributed by atoms with van der Waals surface area (Å²) in [5.74, 6) is 0.154. The van der Waals surface area contributed by atoms with Crippen molar-refractivity contribution in [1.82, 2.24) is 9.21 Å². The lowest BCUT2D eigenvalue weighted by atomic mass is 10.2. The zero-order chi connectivity index (χ0) is 13.5. The Morgan fingerprint density at radius 2 is 1.84 bits per heavy atom. The summed E-state index contributed by atoms with van der Waals surface area (Å²) in [4.78, 5) is 13.7. The van der Waals surface area contributed by atoms with E-state index >= 15 is 0 Å². The molecular formula is C13H16N2O3S. The highest BCUT2D eigenvalue weighted by molar-refractivity contribution is 7.89. The van der Waals surface area contributed by atoms with E-state index in [0.717, 1.165) is 6.42 Å². The summed E-state index contributed by atoms with van der Waals surface area (Å²) in [6.07, 6.45) is 1.31. The minimum absolute atomic E-state index is 0.0553. The minimum Gasteiger partial charge on any atom is -0.337 e. The van der Waals surface area contributed by atoms with Gasteiger partial charge in [-0.2, -0.15) is 4.31 Å². The van der Waals surface area contributed by atoms with Crippen LogP contribution in [0.3, 0.4) is 0 Å². The van der Waals surface area contributed by atoms with Gasteiger partial charge in [0.25, 0.3) is 0 Å². The average Bonchev–Trinajstić information content (AvgIpc) is 2.81. The fraction of sp³-hybridized carbons (Fsp3) is 0.462. The molecule has 0 aromatic heterocycles. The normalized spacial score (nSPS) is 24.5. The van der Waals surface area contributed by atoms with Crippen LogP contribution in [-0.4, -0.2) is 49.2 Å². The highest BCUT2D eigenvalue weighted by atomic mass is 32.2. The SMILES string of the molecule is O=C1CC[C@@H]2CN(S(=O)(=O)c3ccccc3)CCN12. The first-order valence-electron chi connectivity index (χ1n) is 6.44. The van der Waals surface area contributed by atoms with Crippen LogP contribution in [0.15, 0.2) is 35.2 Å². The summed E-state index contributed by atoms with van der Waals surface area (Å²) in [6.45, 7) is 1.32. The lowest BCUT2D eigenvalue weighted by Gasteiger charge is -2.36. The van der Waals surface area contributed by atoms with Crippen molar-refractivity contribution in [3.8, 4) is 0 Å². The molecule has 19 heavy (non-hydrogen) atoms. The van der Waals surface area contributed by atoms with Crippen LogP contribution in [0.2, 0.25) is 0 Å². The molecule has 1 amide bonds. The van der Waals surface area contributed by atoms with Gasteiger partial charge in [0.05, 0.1) is 4.90 Å². The Labute approximate surface area is 112 Å². The molecule has 0 N–H and O–H groups in total. The van der Waals surface area contributed by atoms with Crippen molar-refractivity contribution in [3.05, 3.63) is 30.3 Å². The van der Waals surface area contributed by atoms with Gasteiger partial charge in [0.2, 0.25) is 15.9 Å². The quantitative estimate of drug-likeness (QED) is 0.800. The Hall–Kier alpha value is -1.40. The number of hydrogen-bond donors (Lipinski definition) is 0.